The van der Waals surface area contributed by atoms with Crippen molar-refractivity contribution in [1.29, 1.82) is 0 Å². The smallest absolute Gasteiger partial charge is 0.237 e. The molecule has 1 atom stereocenters. The highest BCUT2D eigenvalue weighted by molar-refractivity contribution is 8.01. The molecule has 1 aromatic carbocycles. The van der Waals surface area contributed by atoms with Gasteiger partial charge in [0.1, 0.15) is 0 Å². The number of carbonyl (C=O) groups excluding carboxylic acids is 1. The third kappa shape index (κ3) is 2.90. The fraction of sp³-hybridized carbons (Fsp3) is 0.650. The van der Waals surface area contributed by atoms with Crippen LogP contribution < -0.4 is 14.8 Å². The van der Waals surface area contributed by atoms with Crippen LogP contribution in [-0.4, -0.2) is 22.7 Å². The molecule has 4 bridgehead atoms. The minimum absolute atomic E-state index is 0.0262. The summed E-state index contributed by atoms with van der Waals surface area (Å²) in [6, 6.07) is 5.59. The molecular weight excluding hydrogens is 334 g/mol. The molecule has 25 heavy (non-hydrogen) atoms. The molecule has 0 aromatic heterocycles. The Bertz CT molecular complexity index is 669. The molecule has 4 fully saturated rings. The summed E-state index contributed by atoms with van der Waals surface area (Å²) in [7, 11) is 0. The number of ether oxygens (including phenoxy) is 2. The maximum absolute atomic E-state index is 12.7. The first kappa shape index (κ1) is 15.9. The summed E-state index contributed by atoms with van der Waals surface area (Å²) in [6.07, 6.45) is 8.30. The van der Waals surface area contributed by atoms with Crippen LogP contribution in [0.4, 0.5) is 5.69 Å². The molecule has 1 aromatic rings. The van der Waals surface area contributed by atoms with Crippen molar-refractivity contribution in [2.24, 2.45) is 17.8 Å². The van der Waals surface area contributed by atoms with Crippen molar-refractivity contribution >= 4 is 23.4 Å². The number of benzene rings is 1. The largest absolute Gasteiger partial charge is 0.454 e. The standard InChI is InChI=1S/C20H25NO3S/c1-12(19(22)21-16-2-3-17-18(7-16)24-11-23-17)25-20-8-13-4-14(9-20)6-15(5-13)10-20/h2-3,7,12-15H,4-6,8-11H2,1H3,(H,21,22)/t12-,13?,14?,15?,20?/m0/s1. The van der Waals surface area contributed by atoms with Crippen molar-refractivity contribution in [2.75, 3.05) is 12.1 Å². The van der Waals surface area contributed by atoms with Gasteiger partial charge in [-0.1, -0.05) is 0 Å². The van der Waals surface area contributed by atoms with Crippen molar-refractivity contribution in [3.05, 3.63) is 18.2 Å². The zero-order valence-corrected chi connectivity index (χ0v) is 15.4. The molecule has 4 nitrogen and oxygen atoms in total. The molecule has 1 heterocycles. The lowest BCUT2D eigenvalue weighted by Crippen LogP contribution is -2.49. The van der Waals surface area contributed by atoms with E-state index in [1.165, 1.54) is 38.5 Å². The van der Waals surface area contributed by atoms with E-state index in [0.29, 0.717) is 10.5 Å². The van der Waals surface area contributed by atoms with E-state index in [-0.39, 0.29) is 18.0 Å². The Labute approximate surface area is 153 Å². The summed E-state index contributed by atoms with van der Waals surface area (Å²) in [6.45, 7) is 2.32. The molecule has 0 spiro atoms. The Morgan fingerprint density at radius 3 is 2.44 bits per heavy atom. The Morgan fingerprint density at radius 1 is 1.12 bits per heavy atom. The maximum atomic E-state index is 12.7. The van der Waals surface area contributed by atoms with Gasteiger partial charge >= 0.3 is 0 Å². The van der Waals surface area contributed by atoms with E-state index < -0.39 is 0 Å². The van der Waals surface area contributed by atoms with Crippen LogP contribution in [0.2, 0.25) is 0 Å². The van der Waals surface area contributed by atoms with E-state index in [9.17, 15) is 4.79 Å². The van der Waals surface area contributed by atoms with E-state index in [4.69, 9.17) is 9.47 Å². The van der Waals surface area contributed by atoms with Crippen LogP contribution in [0.3, 0.4) is 0 Å². The number of hydrogen-bond donors (Lipinski definition) is 1. The van der Waals surface area contributed by atoms with Gasteiger partial charge in [-0.15, -0.1) is 11.8 Å². The lowest BCUT2D eigenvalue weighted by Gasteiger charge is -2.57. The van der Waals surface area contributed by atoms with E-state index in [0.717, 1.165) is 29.2 Å². The molecule has 1 aliphatic heterocycles. The van der Waals surface area contributed by atoms with Crippen LogP contribution in [-0.2, 0) is 4.79 Å². The molecule has 6 rings (SSSR count). The maximum Gasteiger partial charge on any atom is 0.237 e. The second-order valence-electron chi connectivity index (χ2n) is 8.42. The Balaban J connectivity index is 1.25. The van der Waals surface area contributed by atoms with Crippen molar-refractivity contribution in [1.82, 2.24) is 0 Å². The van der Waals surface area contributed by atoms with Gasteiger partial charge in [-0.25, -0.2) is 0 Å². The Morgan fingerprint density at radius 2 is 1.76 bits per heavy atom. The molecule has 0 radical (unpaired) electrons. The van der Waals surface area contributed by atoms with Gasteiger partial charge in [0.25, 0.3) is 0 Å². The van der Waals surface area contributed by atoms with Gasteiger partial charge in [-0.3, -0.25) is 4.79 Å². The van der Waals surface area contributed by atoms with E-state index in [1.54, 1.807) is 0 Å². The van der Waals surface area contributed by atoms with E-state index in [2.05, 4.69) is 12.2 Å². The third-order valence-electron chi connectivity index (χ3n) is 6.42. The lowest BCUT2D eigenvalue weighted by atomic mass is 9.56. The van der Waals surface area contributed by atoms with Crippen LogP contribution >= 0.6 is 11.8 Å². The van der Waals surface area contributed by atoms with Crippen LogP contribution in [0.1, 0.15) is 45.4 Å². The fourth-order valence-electron chi connectivity index (χ4n) is 5.82. The zero-order valence-electron chi connectivity index (χ0n) is 14.6. The summed E-state index contributed by atoms with van der Waals surface area (Å²) < 4.78 is 11.1. The van der Waals surface area contributed by atoms with Gasteiger partial charge in [0.05, 0.1) is 5.25 Å². The minimum atomic E-state index is -0.0262. The fourth-order valence-corrected chi connectivity index (χ4v) is 7.73. The lowest BCUT2D eigenvalue weighted by molar-refractivity contribution is -0.115. The first-order valence-electron chi connectivity index (χ1n) is 9.47. The number of rotatable bonds is 4. The van der Waals surface area contributed by atoms with E-state index in [1.807, 2.05) is 30.0 Å². The van der Waals surface area contributed by atoms with Crippen LogP contribution in [0.25, 0.3) is 0 Å². The number of anilines is 1. The highest BCUT2D eigenvalue weighted by atomic mass is 32.2. The van der Waals surface area contributed by atoms with Crippen molar-refractivity contribution in [3.63, 3.8) is 0 Å². The number of amides is 1. The van der Waals surface area contributed by atoms with Crippen LogP contribution in [0.15, 0.2) is 18.2 Å². The van der Waals surface area contributed by atoms with E-state index >= 15 is 0 Å². The summed E-state index contributed by atoms with van der Waals surface area (Å²) in [5.41, 5.74) is 0.784. The first-order chi connectivity index (χ1) is 12.1. The summed E-state index contributed by atoms with van der Waals surface area (Å²) >= 11 is 1.94. The summed E-state index contributed by atoms with van der Waals surface area (Å²) in [5, 5.41) is 3.03. The zero-order chi connectivity index (χ0) is 17.0. The molecule has 5 aliphatic rings. The molecule has 1 N–H and O–H groups in total. The summed E-state index contributed by atoms with van der Waals surface area (Å²) in [5.74, 6) is 4.31. The van der Waals surface area contributed by atoms with Crippen molar-refractivity contribution in [3.8, 4) is 11.5 Å². The normalized spacial score (nSPS) is 35.6. The molecule has 4 saturated carbocycles. The molecule has 0 unspecified atom stereocenters. The number of thioether (sulfide) groups is 1. The molecule has 1 amide bonds. The van der Waals surface area contributed by atoms with Gasteiger partial charge in [0, 0.05) is 16.5 Å². The Hall–Kier alpha value is -1.36. The van der Waals surface area contributed by atoms with Crippen LogP contribution in [0, 0.1) is 17.8 Å². The topological polar surface area (TPSA) is 47.6 Å². The molecule has 134 valence electrons. The molecular formula is C20H25NO3S. The van der Waals surface area contributed by atoms with Gasteiger partial charge in [0.15, 0.2) is 11.5 Å². The molecule has 0 saturated heterocycles. The monoisotopic (exact) mass is 359 g/mol. The van der Waals surface area contributed by atoms with Crippen molar-refractivity contribution in [2.45, 2.75) is 55.4 Å². The predicted molar refractivity (Wildman–Crippen MR) is 99.2 cm³/mol. The second-order valence-corrected chi connectivity index (χ2v) is 10.2. The average molecular weight is 359 g/mol. The Kier molecular flexibility index (Phi) is 3.70. The van der Waals surface area contributed by atoms with Gasteiger partial charge < -0.3 is 14.8 Å². The highest BCUT2D eigenvalue weighted by Gasteiger charge is 2.52. The van der Waals surface area contributed by atoms with Gasteiger partial charge in [-0.2, -0.15) is 0 Å². The van der Waals surface area contributed by atoms with Crippen molar-refractivity contribution < 1.29 is 14.3 Å². The third-order valence-corrected chi connectivity index (χ3v) is 7.99. The van der Waals surface area contributed by atoms with Gasteiger partial charge in [0.2, 0.25) is 12.7 Å². The minimum Gasteiger partial charge on any atom is -0.454 e. The van der Waals surface area contributed by atoms with Gasteiger partial charge in [-0.05, 0) is 75.3 Å². The average Bonchev–Trinajstić information content (AvgIpc) is 3.00. The number of hydrogen-bond acceptors (Lipinski definition) is 4. The molecule has 5 heteroatoms. The first-order valence-corrected chi connectivity index (χ1v) is 10.3. The van der Waals surface area contributed by atoms with Crippen LogP contribution in [0.5, 0.6) is 11.5 Å². The highest BCUT2D eigenvalue weighted by Crippen LogP contribution is 2.61. The summed E-state index contributed by atoms with van der Waals surface area (Å²) in [4.78, 5) is 12.7. The quantitative estimate of drug-likeness (QED) is 0.863. The number of fused-ring (bicyclic) bond motifs is 1. The predicted octanol–water partition coefficient (Wildman–Crippen LogP) is 4.44. The molecule has 4 aliphatic carbocycles. The number of carbonyl (C=O) groups is 1. The SMILES string of the molecule is C[C@H](SC12CC3CC(CC(C3)C1)C2)C(=O)Nc1ccc2c(c1)OCO2. The number of nitrogens with one attached hydrogen (secondary N) is 1. The second kappa shape index (κ2) is 5.83.